The molecular formula is C11H21NO2. The van der Waals surface area contributed by atoms with Crippen LogP contribution < -0.4 is 5.32 Å². The van der Waals surface area contributed by atoms with Crippen LogP contribution in [0.2, 0.25) is 0 Å². The number of hydrogen-bond donors (Lipinski definition) is 2. The number of carbonyl (C=O) groups is 1. The molecule has 14 heavy (non-hydrogen) atoms. The fraction of sp³-hybridized carbons (Fsp3) is 0.727. The smallest absolute Gasteiger partial charge is 0.223 e. The topological polar surface area (TPSA) is 49.3 Å². The molecule has 0 spiro atoms. The van der Waals surface area contributed by atoms with Crippen LogP contribution in [0.5, 0.6) is 0 Å². The van der Waals surface area contributed by atoms with Crippen LogP contribution in [-0.4, -0.2) is 24.2 Å². The van der Waals surface area contributed by atoms with E-state index in [9.17, 15) is 9.90 Å². The molecule has 0 rings (SSSR count). The second-order valence-electron chi connectivity index (χ2n) is 3.63. The van der Waals surface area contributed by atoms with E-state index in [1.807, 2.05) is 13.8 Å². The molecule has 3 heteroatoms. The minimum Gasteiger partial charge on any atom is -0.396 e. The molecule has 0 aromatic carbocycles. The summed E-state index contributed by atoms with van der Waals surface area (Å²) in [5.74, 6) is -0.0280. The van der Waals surface area contributed by atoms with Gasteiger partial charge in [-0.25, -0.2) is 0 Å². The fourth-order valence-electron chi connectivity index (χ4n) is 1.27. The van der Waals surface area contributed by atoms with E-state index in [4.69, 9.17) is 0 Å². The van der Waals surface area contributed by atoms with E-state index in [0.29, 0.717) is 13.0 Å². The van der Waals surface area contributed by atoms with E-state index in [2.05, 4.69) is 11.9 Å². The van der Waals surface area contributed by atoms with Gasteiger partial charge in [0, 0.05) is 18.4 Å². The first kappa shape index (κ1) is 13.2. The number of nitrogens with one attached hydrogen (secondary N) is 1. The Hall–Kier alpha value is -0.830. The summed E-state index contributed by atoms with van der Waals surface area (Å²) in [6.45, 7) is 8.21. The van der Waals surface area contributed by atoms with Gasteiger partial charge in [-0.3, -0.25) is 4.79 Å². The van der Waals surface area contributed by atoms with Crippen LogP contribution in [0.1, 0.15) is 33.1 Å². The Balaban J connectivity index is 4.05. The van der Waals surface area contributed by atoms with Crippen LogP contribution in [0.3, 0.4) is 0 Å². The lowest BCUT2D eigenvalue weighted by atomic mass is 9.83. The van der Waals surface area contributed by atoms with E-state index in [-0.39, 0.29) is 17.9 Å². The van der Waals surface area contributed by atoms with Crippen molar-refractivity contribution < 1.29 is 9.90 Å². The Kier molecular flexibility index (Phi) is 6.21. The SMILES string of the molecule is C=CCC(=O)NCC(CC)(CC)CO. The van der Waals surface area contributed by atoms with Gasteiger partial charge >= 0.3 is 0 Å². The van der Waals surface area contributed by atoms with Crippen LogP contribution in [0.15, 0.2) is 12.7 Å². The molecule has 2 N–H and O–H groups in total. The van der Waals surface area contributed by atoms with Crippen LogP contribution in [-0.2, 0) is 4.79 Å². The molecule has 0 radical (unpaired) electrons. The first-order valence-corrected chi connectivity index (χ1v) is 5.12. The Labute approximate surface area is 86.2 Å². The van der Waals surface area contributed by atoms with Gasteiger partial charge in [0.1, 0.15) is 0 Å². The summed E-state index contributed by atoms with van der Waals surface area (Å²) in [7, 11) is 0. The normalized spacial score (nSPS) is 11.1. The Bertz CT molecular complexity index is 177. The predicted molar refractivity (Wildman–Crippen MR) is 57.9 cm³/mol. The number of aliphatic hydroxyl groups is 1. The third kappa shape index (κ3) is 3.92. The second kappa shape index (κ2) is 6.60. The van der Waals surface area contributed by atoms with Crippen molar-refractivity contribution in [2.75, 3.05) is 13.2 Å². The minimum atomic E-state index is -0.156. The Morgan fingerprint density at radius 2 is 2.07 bits per heavy atom. The highest BCUT2D eigenvalue weighted by Crippen LogP contribution is 2.24. The minimum absolute atomic E-state index is 0.0280. The lowest BCUT2D eigenvalue weighted by Gasteiger charge is -2.29. The van der Waals surface area contributed by atoms with Crippen molar-refractivity contribution in [3.05, 3.63) is 12.7 Å². The molecule has 0 aromatic heterocycles. The molecule has 0 atom stereocenters. The van der Waals surface area contributed by atoms with Crippen LogP contribution >= 0.6 is 0 Å². The number of carbonyl (C=O) groups excluding carboxylic acids is 1. The lowest BCUT2D eigenvalue weighted by Crippen LogP contribution is -2.39. The van der Waals surface area contributed by atoms with Gasteiger partial charge in [-0.2, -0.15) is 0 Å². The van der Waals surface area contributed by atoms with Gasteiger partial charge in [-0.05, 0) is 12.8 Å². The summed E-state index contributed by atoms with van der Waals surface area (Å²) >= 11 is 0. The van der Waals surface area contributed by atoms with E-state index < -0.39 is 0 Å². The predicted octanol–water partition coefficient (Wildman–Crippen LogP) is 1.48. The van der Waals surface area contributed by atoms with Crippen molar-refractivity contribution >= 4 is 5.91 Å². The lowest BCUT2D eigenvalue weighted by molar-refractivity contribution is -0.120. The fourth-order valence-corrected chi connectivity index (χ4v) is 1.27. The highest BCUT2D eigenvalue weighted by atomic mass is 16.3. The first-order valence-electron chi connectivity index (χ1n) is 5.12. The summed E-state index contributed by atoms with van der Waals surface area (Å²) in [6.07, 6.45) is 3.66. The largest absolute Gasteiger partial charge is 0.396 e. The average molecular weight is 199 g/mol. The van der Waals surface area contributed by atoms with Gasteiger partial charge in [-0.1, -0.05) is 19.9 Å². The third-order valence-electron chi connectivity index (χ3n) is 2.83. The van der Waals surface area contributed by atoms with E-state index in [1.165, 1.54) is 0 Å². The van der Waals surface area contributed by atoms with Gasteiger partial charge in [0.2, 0.25) is 5.91 Å². The van der Waals surface area contributed by atoms with Crippen molar-refractivity contribution in [1.82, 2.24) is 5.32 Å². The van der Waals surface area contributed by atoms with Crippen molar-refractivity contribution in [3.8, 4) is 0 Å². The molecule has 0 aromatic rings. The molecule has 0 bridgehead atoms. The molecule has 3 nitrogen and oxygen atoms in total. The monoisotopic (exact) mass is 199 g/mol. The average Bonchev–Trinajstić information content (AvgIpc) is 2.21. The van der Waals surface area contributed by atoms with Crippen molar-refractivity contribution in [2.24, 2.45) is 5.41 Å². The number of rotatable bonds is 7. The number of hydrogen-bond acceptors (Lipinski definition) is 2. The molecule has 0 saturated carbocycles. The summed E-state index contributed by atoms with van der Waals surface area (Å²) in [6, 6.07) is 0. The molecule has 0 heterocycles. The van der Waals surface area contributed by atoms with Gasteiger partial charge < -0.3 is 10.4 Å². The van der Waals surface area contributed by atoms with Gasteiger partial charge in [-0.15, -0.1) is 6.58 Å². The summed E-state index contributed by atoms with van der Waals surface area (Å²) in [5, 5.41) is 12.1. The molecule has 0 saturated heterocycles. The van der Waals surface area contributed by atoms with Crippen molar-refractivity contribution in [2.45, 2.75) is 33.1 Å². The maximum atomic E-state index is 11.2. The van der Waals surface area contributed by atoms with Crippen molar-refractivity contribution in [1.29, 1.82) is 0 Å². The zero-order valence-corrected chi connectivity index (χ0v) is 9.18. The Morgan fingerprint density at radius 1 is 1.50 bits per heavy atom. The standard InChI is InChI=1S/C11H21NO2/c1-4-7-10(14)12-8-11(5-2,6-3)9-13/h4,13H,1,5-9H2,2-3H3,(H,12,14). The molecule has 1 amide bonds. The molecule has 0 aliphatic rings. The summed E-state index contributed by atoms with van der Waals surface area (Å²) in [4.78, 5) is 11.2. The number of amides is 1. The highest BCUT2D eigenvalue weighted by molar-refractivity contribution is 5.77. The van der Waals surface area contributed by atoms with E-state index in [1.54, 1.807) is 6.08 Å². The third-order valence-corrected chi connectivity index (χ3v) is 2.83. The van der Waals surface area contributed by atoms with Gasteiger partial charge in [0.15, 0.2) is 0 Å². The quantitative estimate of drug-likeness (QED) is 0.610. The molecule has 0 aliphatic carbocycles. The molecule has 0 fully saturated rings. The van der Waals surface area contributed by atoms with E-state index >= 15 is 0 Å². The second-order valence-corrected chi connectivity index (χ2v) is 3.63. The molecular weight excluding hydrogens is 178 g/mol. The summed E-state index contributed by atoms with van der Waals surface area (Å²) < 4.78 is 0. The van der Waals surface area contributed by atoms with Gasteiger partial charge in [0.25, 0.3) is 0 Å². The van der Waals surface area contributed by atoms with Crippen LogP contribution in [0.25, 0.3) is 0 Å². The van der Waals surface area contributed by atoms with E-state index in [0.717, 1.165) is 12.8 Å². The first-order chi connectivity index (χ1) is 6.64. The number of aliphatic hydroxyl groups excluding tert-OH is 1. The van der Waals surface area contributed by atoms with Gasteiger partial charge in [0.05, 0.1) is 6.61 Å². The zero-order valence-electron chi connectivity index (χ0n) is 9.18. The van der Waals surface area contributed by atoms with Crippen LogP contribution in [0, 0.1) is 5.41 Å². The zero-order chi connectivity index (χ0) is 11.0. The molecule has 82 valence electrons. The maximum Gasteiger partial charge on any atom is 0.223 e. The highest BCUT2D eigenvalue weighted by Gasteiger charge is 2.25. The maximum absolute atomic E-state index is 11.2. The summed E-state index contributed by atoms with van der Waals surface area (Å²) in [5.41, 5.74) is -0.156. The Morgan fingerprint density at radius 3 is 2.43 bits per heavy atom. The van der Waals surface area contributed by atoms with Crippen LogP contribution in [0.4, 0.5) is 0 Å². The van der Waals surface area contributed by atoms with Crippen molar-refractivity contribution in [3.63, 3.8) is 0 Å². The molecule has 0 aliphatic heterocycles. The molecule has 0 unspecified atom stereocenters.